The predicted molar refractivity (Wildman–Crippen MR) is 100 cm³/mol. The van der Waals surface area contributed by atoms with E-state index in [1.807, 2.05) is 30.3 Å². The first-order valence-electron chi connectivity index (χ1n) is 9.20. The third-order valence-electron chi connectivity index (χ3n) is 5.03. The number of nitrogens with zero attached hydrogens (tertiary/aromatic N) is 2. The van der Waals surface area contributed by atoms with Crippen molar-refractivity contribution in [2.75, 3.05) is 0 Å². The molecule has 0 atom stereocenters. The van der Waals surface area contributed by atoms with E-state index in [-0.39, 0.29) is 30.5 Å². The van der Waals surface area contributed by atoms with E-state index in [1.54, 1.807) is 17.2 Å². The highest BCUT2D eigenvalue weighted by molar-refractivity contribution is 5.87. The van der Waals surface area contributed by atoms with Crippen LogP contribution in [0.5, 0.6) is 0 Å². The van der Waals surface area contributed by atoms with E-state index in [2.05, 4.69) is 4.98 Å². The second-order valence-corrected chi connectivity index (χ2v) is 7.08. The van der Waals surface area contributed by atoms with E-state index in [0.717, 1.165) is 35.4 Å². The number of hydrogen-bond acceptors (Lipinski definition) is 2. The highest BCUT2D eigenvalue weighted by atomic mass is 19.4. The summed E-state index contributed by atoms with van der Waals surface area (Å²) in [5, 5.41) is 0.938. The first-order chi connectivity index (χ1) is 13.4. The molecular formula is C22H19F3N2O. The van der Waals surface area contributed by atoms with Crippen molar-refractivity contribution in [3.05, 3.63) is 77.5 Å². The van der Waals surface area contributed by atoms with Crippen LogP contribution in [-0.4, -0.2) is 21.8 Å². The standard InChI is InChI=1S/C22H19F3N2O/c23-22(24,25)19-9-2-1-5-17(19)14-27(18-10-11-18)20(28)13-16-7-3-6-15-8-4-12-26-21(15)16/h1-9,12,18H,10-11,13-14H2. The van der Waals surface area contributed by atoms with Gasteiger partial charge in [-0.25, -0.2) is 0 Å². The summed E-state index contributed by atoms with van der Waals surface area (Å²) < 4.78 is 40.0. The summed E-state index contributed by atoms with van der Waals surface area (Å²) in [6.45, 7) is -0.0304. The maximum Gasteiger partial charge on any atom is 0.416 e. The van der Waals surface area contributed by atoms with Gasteiger partial charge in [0.1, 0.15) is 0 Å². The van der Waals surface area contributed by atoms with Crippen molar-refractivity contribution < 1.29 is 18.0 Å². The van der Waals surface area contributed by atoms with E-state index < -0.39 is 11.7 Å². The molecule has 0 aliphatic heterocycles. The number of para-hydroxylation sites is 1. The smallest absolute Gasteiger partial charge is 0.335 e. The first kappa shape index (κ1) is 18.5. The van der Waals surface area contributed by atoms with Crippen LogP contribution in [0.25, 0.3) is 10.9 Å². The molecule has 1 aliphatic rings. The average molecular weight is 384 g/mol. The van der Waals surface area contributed by atoms with E-state index in [1.165, 1.54) is 12.1 Å². The van der Waals surface area contributed by atoms with Crippen molar-refractivity contribution in [2.24, 2.45) is 0 Å². The van der Waals surface area contributed by atoms with Crippen molar-refractivity contribution in [2.45, 2.75) is 38.0 Å². The molecule has 1 aromatic heterocycles. The number of rotatable bonds is 5. The van der Waals surface area contributed by atoms with Crippen molar-refractivity contribution in [1.29, 1.82) is 0 Å². The summed E-state index contributed by atoms with van der Waals surface area (Å²) in [5.41, 5.74) is 0.995. The molecule has 0 saturated heterocycles. The van der Waals surface area contributed by atoms with Crippen molar-refractivity contribution in [3.8, 4) is 0 Å². The highest BCUT2D eigenvalue weighted by Crippen LogP contribution is 2.35. The predicted octanol–water partition coefficient (Wildman–Crippen LogP) is 4.99. The molecule has 4 rings (SSSR count). The van der Waals surface area contributed by atoms with Gasteiger partial charge in [-0.15, -0.1) is 0 Å². The fourth-order valence-electron chi connectivity index (χ4n) is 3.50. The summed E-state index contributed by atoms with van der Waals surface area (Å²) >= 11 is 0. The number of hydrogen-bond donors (Lipinski definition) is 0. The third-order valence-corrected chi connectivity index (χ3v) is 5.03. The maximum atomic E-state index is 13.3. The summed E-state index contributed by atoms with van der Waals surface area (Å²) in [6.07, 6.45) is -0.983. The van der Waals surface area contributed by atoms with Gasteiger partial charge in [0.15, 0.2) is 0 Å². The van der Waals surface area contributed by atoms with Crippen molar-refractivity contribution in [3.63, 3.8) is 0 Å². The second-order valence-electron chi connectivity index (χ2n) is 7.08. The fourth-order valence-corrected chi connectivity index (χ4v) is 3.50. The Bertz CT molecular complexity index is 1010. The Kier molecular flexibility index (Phi) is 4.79. The molecule has 1 saturated carbocycles. The zero-order chi connectivity index (χ0) is 19.7. The minimum Gasteiger partial charge on any atom is -0.335 e. The molecular weight excluding hydrogens is 365 g/mol. The quantitative estimate of drug-likeness (QED) is 0.621. The largest absolute Gasteiger partial charge is 0.416 e. The fraction of sp³-hybridized carbons (Fsp3) is 0.273. The molecule has 0 spiro atoms. The lowest BCUT2D eigenvalue weighted by atomic mass is 10.0. The molecule has 0 N–H and O–H groups in total. The van der Waals surface area contributed by atoms with Gasteiger partial charge in [-0.05, 0) is 36.1 Å². The van der Waals surface area contributed by atoms with E-state index in [9.17, 15) is 18.0 Å². The van der Waals surface area contributed by atoms with Gasteiger partial charge < -0.3 is 4.90 Å². The van der Waals surface area contributed by atoms with Gasteiger partial charge in [0.05, 0.1) is 17.5 Å². The van der Waals surface area contributed by atoms with Crippen LogP contribution in [-0.2, 0) is 23.9 Å². The van der Waals surface area contributed by atoms with Crippen LogP contribution in [0.2, 0.25) is 0 Å². The Morgan fingerprint density at radius 2 is 1.71 bits per heavy atom. The topological polar surface area (TPSA) is 33.2 Å². The van der Waals surface area contributed by atoms with Gasteiger partial charge in [-0.2, -0.15) is 13.2 Å². The van der Waals surface area contributed by atoms with Gasteiger partial charge in [0, 0.05) is 24.2 Å². The third kappa shape index (κ3) is 3.86. The molecule has 1 fully saturated rings. The normalized spacial score (nSPS) is 14.2. The average Bonchev–Trinajstić information content (AvgIpc) is 3.51. The number of amides is 1. The van der Waals surface area contributed by atoms with Crippen LogP contribution in [0.4, 0.5) is 13.2 Å². The van der Waals surface area contributed by atoms with E-state index >= 15 is 0 Å². The lowest BCUT2D eigenvalue weighted by Gasteiger charge is -2.24. The number of carbonyl (C=O) groups is 1. The molecule has 3 nitrogen and oxygen atoms in total. The van der Waals surface area contributed by atoms with Crippen LogP contribution in [0.1, 0.15) is 29.5 Å². The van der Waals surface area contributed by atoms with Crippen molar-refractivity contribution >= 4 is 16.8 Å². The minimum absolute atomic E-state index is 0.0109. The number of alkyl halides is 3. The summed E-state index contributed by atoms with van der Waals surface area (Å²) in [7, 11) is 0. The monoisotopic (exact) mass is 384 g/mol. The number of halogens is 3. The minimum atomic E-state index is -4.44. The van der Waals surface area contributed by atoms with Gasteiger partial charge in [-0.3, -0.25) is 9.78 Å². The molecule has 0 bridgehead atoms. The SMILES string of the molecule is O=C(Cc1cccc2cccnc12)N(Cc1ccccc1C(F)(F)F)C1CC1. The van der Waals surface area contributed by atoms with Gasteiger partial charge in [0.2, 0.25) is 5.91 Å². The summed E-state index contributed by atoms with van der Waals surface area (Å²) in [6, 6.07) is 14.9. The Morgan fingerprint density at radius 3 is 2.46 bits per heavy atom. The Labute approximate surface area is 160 Å². The van der Waals surface area contributed by atoms with E-state index in [4.69, 9.17) is 0 Å². The Balaban J connectivity index is 1.60. The maximum absolute atomic E-state index is 13.3. The number of aromatic nitrogens is 1. The number of pyridine rings is 1. The van der Waals surface area contributed by atoms with E-state index in [0.29, 0.717) is 0 Å². The van der Waals surface area contributed by atoms with Crippen LogP contribution < -0.4 is 0 Å². The molecule has 2 aromatic carbocycles. The molecule has 1 amide bonds. The molecule has 3 aromatic rings. The molecule has 144 valence electrons. The van der Waals surface area contributed by atoms with Gasteiger partial charge in [-0.1, -0.05) is 42.5 Å². The zero-order valence-electron chi connectivity index (χ0n) is 15.1. The summed E-state index contributed by atoms with van der Waals surface area (Å²) in [4.78, 5) is 19.0. The molecule has 0 radical (unpaired) electrons. The van der Waals surface area contributed by atoms with Crippen LogP contribution >= 0.6 is 0 Å². The number of benzene rings is 2. The second kappa shape index (κ2) is 7.26. The lowest BCUT2D eigenvalue weighted by Crippen LogP contribution is -2.34. The Hall–Kier alpha value is -2.89. The highest BCUT2D eigenvalue weighted by Gasteiger charge is 2.37. The molecule has 28 heavy (non-hydrogen) atoms. The van der Waals surface area contributed by atoms with Crippen LogP contribution in [0, 0.1) is 0 Å². The van der Waals surface area contributed by atoms with Gasteiger partial charge >= 0.3 is 6.18 Å². The first-order valence-corrected chi connectivity index (χ1v) is 9.20. The molecule has 0 unspecified atom stereocenters. The van der Waals surface area contributed by atoms with Crippen LogP contribution in [0.3, 0.4) is 0 Å². The zero-order valence-corrected chi connectivity index (χ0v) is 15.1. The number of carbonyl (C=O) groups excluding carboxylic acids is 1. The molecule has 1 aliphatic carbocycles. The van der Waals surface area contributed by atoms with Crippen molar-refractivity contribution in [1.82, 2.24) is 9.88 Å². The Morgan fingerprint density at radius 1 is 1.00 bits per heavy atom. The molecule has 6 heteroatoms. The van der Waals surface area contributed by atoms with Crippen LogP contribution in [0.15, 0.2) is 60.8 Å². The molecule has 1 heterocycles. The van der Waals surface area contributed by atoms with Gasteiger partial charge in [0.25, 0.3) is 0 Å². The summed E-state index contributed by atoms with van der Waals surface area (Å²) in [5.74, 6) is -0.169. The number of fused-ring (bicyclic) bond motifs is 1. The lowest BCUT2D eigenvalue weighted by molar-refractivity contribution is -0.140.